The van der Waals surface area contributed by atoms with E-state index >= 15 is 0 Å². The van der Waals surface area contributed by atoms with E-state index in [9.17, 15) is 19.7 Å². The molecule has 7 heteroatoms. The summed E-state index contributed by atoms with van der Waals surface area (Å²) in [5.41, 5.74) is 0.123. The van der Waals surface area contributed by atoms with Crippen molar-refractivity contribution in [2.45, 2.75) is 44.6 Å². The number of nitro benzene ring substituents is 1. The molecule has 1 aromatic carbocycles. The van der Waals surface area contributed by atoms with Crippen molar-refractivity contribution in [1.29, 1.82) is 0 Å². The monoisotopic (exact) mass is 385 g/mol. The highest BCUT2D eigenvalue weighted by atomic mass is 16.6. The molecule has 0 heterocycles. The molecule has 2 amide bonds. The summed E-state index contributed by atoms with van der Waals surface area (Å²) in [6.45, 7) is 0. The number of nitrogens with one attached hydrogen (secondary N) is 1. The van der Waals surface area contributed by atoms with Gasteiger partial charge >= 0.3 is 0 Å². The van der Waals surface area contributed by atoms with E-state index in [1.165, 1.54) is 43.5 Å². The Morgan fingerprint density at radius 2 is 1.57 bits per heavy atom. The fourth-order valence-electron chi connectivity index (χ4n) is 6.22. The number of likely N-dealkylation sites (N-methyl/N-ethyl adjacent to an activating group) is 1. The quantitative estimate of drug-likeness (QED) is 0.623. The minimum absolute atomic E-state index is 0.0569. The van der Waals surface area contributed by atoms with Gasteiger partial charge in [0.2, 0.25) is 5.91 Å². The Labute approximate surface area is 164 Å². The highest BCUT2D eigenvalue weighted by Crippen LogP contribution is 2.61. The summed E-state index contributed by atoms with van der Waals surface area (Å²) in [5.74, 6) is 1.60. The zero-order valence-corrected chi connectivity index (χ0v) is 16.4. The van der Waals surface area contributed by atoms with Crippen LogP contribution in [-0.4, -0.2) is 41.8 Å². The highest BCUT2D eigenvalue weighted by molar-refractivity contribution is 5.98. The first-order valence-electron chi connectivity index (χ1n) is 10.0. The summed E-state index contributed by atoms with van der Waals surface area (Å²) in [6.07, 6.45) is 6.80. The molecule has 1 unspecified atom stereocenters. The van der Waals surface area contributed by atoms with Crippen molar-refractivity contribution in [3.8, 4) is 0 Å². The molecule has 5 rings (SSSR count). The molecule has 4 bridgehead atoms. The zero-order valence-electron chi connectivity index (χ0n) is 16.4. The zero-order chi connectivity index (χ0) is 20.1. The number of carbonyl (C=O) groups is 2. The van der Waals surface area contributed by atoms with Gasteiger partial charge in [0.05, 0.1) is 4.92 Å². The number of rotatable bonds is 5. The fraction of sp³-hybridized carbons (Fsp3) is 0.619. The molecule has 0 spiro atoms. The van der Waals surface area contributed by atoms with E-state index in [0.717, 1.165) is 19.3 Å². The highest BCUT2D eigenvalue weighted by Gasteiger charge is 2.56. The summed E-state index contributed by atoms with van der Waals surface area (Å²) >= 11 is 0. The Balaban J connectivity index is 1.59. The third-order valence-electron chi connectivity index (χ3n) is 7.00. The molecule has 28 heavy (non-hydrogen) atoms. The topological polar surface area (TPSA) is 92.6 Å². The minimum Gasteiger partial charge on any atom is -0.347 e. The summed E-state index contributed by atoms with van der Waals surface area (Å²) in [4.78, 5) is 37.9. The maximum absolute atomic E-state index is 13.1. The lowest BCUT2D eigenvalue weighted by atomic mass is 9.47. The molecule has 0 radical (unpaired) electrons. The van der Waals surface area contributed by atoms with Gasteiger partial charge in [-0.1, -0.05) is 0 Å². The molecular weight excluding hydrogens is 358 g/mol. The first-order chi connectivity index (χ1) is 13.3. The van der Waals surface area contributed by atoms with Crippen LogP contribution in [0.25, 0.3) is 0 Å². The van der Waals surface area contributed by atoms with Gasteiger partial charge in [0.1, 0.15) is 6.04 Å². The Hall–Kier alpha value is -2.44. The standard InChI is InChI=1S/C21H27N3O4/c1-23(2)20(26)18(21-10-13-7-14(11-21)9-15(8-13)12-21)22-19(25)16-3-5-17(6-4-16)24(27)28/h3-6,13-15,18H,7-12H2,1-2H3,(H,22,25). The van der Waals surface area contributed by atoms with Crippen LogP contribution in [0.5, 0.6) is 0 Å². The predicted molar refractivity (Wildman–Crippen MR) is 104 cm³/mol. The van der Waals surface area contributed by atoms with Gasteiger partial charge in [-0.15, -0.1) is 0 Å². The first kappa shape index (κ1) is 18.9. The van der Waals surface area contributed by atoms with Crippen molar-refractivity contribution in [3.63, 3.8) is 0 Å². The molecule has 7 nitrogen and oxygen atoms in total. The van der Waals surface area contributed by atoms with E-state index in [0.29, 0.717) is 23.3 Å². The molecule has 1 aromatic rings. The Kier molecular flexibility index (Phi) is 4.63. The molecule has 4 saturated carbocycles. The number of nitro groups is 1. The summed E-state index contributed by atoms with van der Waals surface area (Å²) < 4.78 is 0. The minimum atomic E-state index is -0.543. The molecule has 1 N–H and O–H groups in total. The van der Waals surface area contributed by atoms with Crippen LogP contribution in [0.15, 0.2) is 24.3 Å². The van der Waals surface area contributed by atoms with Crippen LogP contribution in [0.3, 0.4) is 0 Å². The van der Waals surface area contributed by atoms with E-state index in [-0.39, 0.29) is 22.9 Å². The second kappa shape index (κ2) is 6.87. The molecule has 0 saturated heterocycles. The summed E-state index contributed by atoms with van der Waals surface area (Å²) in [7, 11) is 3.46. The molecular formula is C21H27N3O4. The van der Waals surface area contributed by atoms with Crippen molar-refractivity contribution >= 4 is 17.5 Å². The average Bonchev–Trinajstić information content (AvgIpc) is 2.64. The van der Waals surface area contributed by atoms with Crippen LogP contribution < -0.4 is 5.32 Å². The smallest absolute Gasteiger partial charge is 0.269 e. The summed E-state index contributed by atoms with van der Waals surface area (Å²) in [5, 5.41) is 13.9. The van der Waals surface area contributed by atoms with E-state index in [1.54, 1.807) is 19.0 Å². The number of non-ortho nitro benzene ring substituents is 1. The van der Waals surface area contributed by atoms with Gasteiger partial charge in [-0.25, -0.2) is 0 Å². The molecule has 150 valence electrons. The maximum Gasteiger partial charge on any atom is 0.269 e. The Morgan fingerprint density at radius 1 is 1.07 bits per heavy atom. The summed E-state index contributed by atoms with van der Waals surface area (Å²) in [6, 6.07) is 5.00. The van der Waals surface area contributed by atoms with E-state index in [4.69, 9.17) is 0 Å². The van der Waals surface area contributed by atoms with Gasteiger partial charge in [0, 0.05) is 37.2 Å². The predicted octanol–water partition coefficient (Wildman–Crippen LogP) is 3.00. The first-order valence-corrected chi connectivity index (χ1v) is 10.0. The lowest BCUT2D eigenvalue weighted by Gasteiger charge is -2.59. The van der Waals surface area contributed by atoms with Gasteiger partial charge in [-0.2, -0.15) is 0 Å². The number of hydrogen-bond acceptors (Lipinski definition) is 4. The molecule has 1 atom stereocenters. The van der Waals surface area contributed by atoms with Crippen LogP contribution in [0, 0.1) is 33.3 Å². The van der Waals surface area contributed by atoms with Crippen molar-refractivity contribution < 1.29 is 14.5 Å². The number of carbonyl (C=O) groups excluding carboxylic acids is 2. The van der Waals surface area contributed by atoms with Gasteiger partial charge < -0.3 is 10.2 Å². The molecule has 4 fully saturated rings. The number of nitrogens with zero attached hydrogens (tertiary/aromatic N) is 2. The van der Waals surface area contributed by atoms with Crippen molar-refractivity contribution in [2.24, 2.45) is 23.2 Å². The lowest BCUT2D eigenvalue weighted by molar-refractivity contribution is -0.384. The molecule has 4 aliphatic rings. The van der Waals surface area contributed by atoms with E-state index in [1.807, 2.05) is 0 Å². The lowest BCUT2D eigenvalue weighted by Crippen LogP contribution is -2.61. The van der Waals surface area contributed by atoms with Crippen LogP contribution in [0.4, 0.5) is 5.69 Å². The number of benzene rings is 1. The van der Waals surface area contributed by atoms with Gasteiger partial charge in [0.15, 0.2) is 0 Å². The second-order valence-electron chi connectivity index (χ2n) is 9.22. The van der Waals surface area contributed by atoms with Crippen LogP contribution in [0.1, 0.15) is 48.9 Å². The molecule has 0 aromatic heterocycles. The number of amides is 2. The van der Waals surface area contributed by atoms with Gasteiger partial charge in [0.25, 0.3) is 11.6 Å². The van der Waals surface area contributed by atoms with Crippen LogP contribution in [0.2, 0.25) is 0 Å². The van der Waals surface area contributed by atoms with Crippen LogP contribution in [-0.2, 0) is 4.79 Å². The van der Waals surface area contributed by atoms with Crippen molar-refractivity contribution in [3.05, 3.63) is 39.9 Å². The SMILES string of the molecule is CN(C)C(=O)C(NC(=O)c1ccc([N+](=O)[O-])cc1)C12CC3CC(CC(C3)C1)C2. The van der Waals surface area contributed by atoms with Gasteiger partial charge in [-0.3, -0.25) is 19.7 Å². The Morgan fingerprint density at radius 3 is 2.00 bits per heavy atom. The third-order valence-corrected chi connectivity index (χ3v) is 7.00. The second-order valence-corrected chi connectivity index (χ2v) is 9.22. The maximum atomic E-state index is 13.1. The molecule has 4 aliphatic carbocycles. The van der Waals surface area contributed by atoms with E-state index < -0.39 is 11.0 Å². The Bertz CT molecular complexity index is 767. The van der Waals surface area contributed by atoms with Crippen LogP contribution >= 0.6 is 0 Å². The largest absolute Gasteiger partial charge is 0.347 e. The van der Waals surface area contributed by atoms with Gasteiger partial charge in [-0.05, 0) is 68.4 Å². The average molecular weight is 385 g/mol. The molecule has 0 aliphatic heterocycles. The fourth-order valence-corrected chi connectivity index (χ4v) is 6.22. The van der Waals surface area contributed by atoms with Crippen molar-refractivity contribution in [1.82, 2.24) is 10.2 Å². The van der Waals surface area contributed by atoms with Crippen molar-refractivity contribution in [2.75, 3.05) is 14.1 Å². The number of hydrogen-bond donors (Lipinski definition) is 1. The van der Waals surface area contributed by atoms with E-state index in [2.05, 4.69) is 5.32 Å². The normalized spacial score (nSPS) is 31.3. The third kappa shape index (κ3) is 3.27.